The predicted molar refractivity (Wildman–Crippen MR) is 72.5 cm³/mol. The van der Waals surface area contributed by atoms with Crippen LogP contribution >= 0.6 is 11.3 Å². The average Bonchev–Trinajstić information content (AvgIpc) is 2.87. The number of amides is 1. The van der Waals surface area contributed by atoms with Gasteiger partial charge in [-0.05, 0) is 0 Å². The van der Waals surface area contributed by atoms with Gasteiger partial charge in [-0.3, -0.25) is 14.9 Å². The Hall–Kier alpha value is -2.49. The summed E-state index contributed by atoms with van der Waals surface area (Å²) >= 11 is 0.629. The van der Waals surface area contributed by atoms with Crippen LogP contribution in [0.25, 0.3) is 0 Å². The van der Waals surface area contributed by atoms with E-state index in [9.17, 15) is 28.1 Å². The Bertz CT molecular complexity index is 715. The Balaban J connectivity index is 2.08. The van der Waals surface area contributed by atoms with Crippen molar-refractivity contribution in [2.75, 3.05) is 5.32 Å². The van der Waals surface area contributed by atoms with Crippen LogP contribution in [0, 0.1) is 10.1 Å². The first kappa shape index (κ1) is 15.9. The first-order valence-corrected chi connectivity index (χ1v) is 6.70. The van der Waals surface area contributed by atoms with E-state index in [0.29, 0.717) is 11.3 Å². The van der Waals surface area contributed by atoms with Crippen molar-refractivity contribution in [3.8, 4) is 0 Å². The summed E-state index contributed by atoms with van der Waals surface area (Å²) in [5, 5.41) is 13.6. The van der Waals surface area contributed by atoms with Crippen molar-refractivity contribution < 1.29 is 22.9 Å². The third-order valence-electron chi connectivity index (χ3n) is 2.58. The van der Waals surface area contributed by atoms with Gasteiger partial charge in [0.2, 0.25) is 5.91 Å². The number of rotatable bonds is 4. The van der Waals surface area contributed by atoms with Gasteiger partial charge in [0.05, 0.1) is 11.3 Å². The molecular weight excluding hydrogens is 323 g/mol. The minimum atomic E-state index is -4.59. The summed E-state index contributed by atoms with van der Waals surface area (Å²) in [4.78, 5) is 25.2. The van der Waals surface area contributed by atoms with E-state index < -0.39 is 22.7 Å². The number of nitro groups is 1. The number of hydrogen-bond acceptors (Lipinski definition) is 5. The van der Waals surface area contributed by atoms with Crippen molar-refractivity contribution in [1.29, 1.82) is 0 Å². The highest BCUT2D eigenvalue weighted by atomic mass is 32.1. The lowest BCUT2D eigenvalue weighted by Crippen LogP contribution is -2.15. The number of hydrogen-bond donors (Lipinski definition) is 1. The maximum atomic E-state index is 12.4. The quantitative estimate of drug-likeness (QED) is 0.688. The van der Waals surface area contributed by atoms with Crippen LogP contribution in [0.3, 0.4) is 0 Å². The monoisotopic (exact) mass is 331 g/mol. The van der Waals surface area contributed by atoms with E-state index in [1.54, 1.807) is 0 Å². The number of benzene rings is 1. The molecular formula is C12H8F3N3O3S. The summed E-state index contributed by atoms with van der Waals surface area (Å²) in [5.41, 5.74) is -1.16. The zero-order valence-electron chi connectivity index (χ0n) is 10.8. The molecule has 116 valence electrons. The summed E-state index contributed by atoms with van der Waals surface area (Å²) in [7, 11) is 0. The van der Waals surface area contributed by atoms with Crippen LogP contribution in [0.15, 0.2) is 29.6 Å². The summed E-state index contributed by atoms with van der Waals surface area (Å²) in [6.07, 6.45) is -4.92. The Morgan fingerprint density at radius 2 is 2.05 bits per heavy atom. The molecule has 0 fully saturated rings. The molecule has 6 nitrogen and oxygen atoms in total. The zero-order chi connectivity index (χ0) is 16.3. The highest BCUT2D eigenvalue weighted by Gasteiger charge is 2.33. The van der Waals surface area contributed by atoms with Crippen LogP contribution in [0.1, 0.15) is 11.3 Å². The van der Waals surface area contributed by atoms with E-state index in [4.69, 9.17) is 0 Å². The fourth-order valence-corrected chi connectivity index (χ4v) is 2.37. The number of nitrogens with zero attached hydrogens (tertiary/aromatic N) is 2. The number of thiazole rings is 1. The first-order valence-electron chi connectivity index (χ1n) is 5.82. The van der Waals surface area contributed by atoms with Crippen LogP contribution in [0.4, 0.5) is 24.0 Å². The van der Waals surface area contributed by atoms with Gasteiger partial charge in [-0.1, -0.05) is 18.2 Å². The number of anilines is 1. The molecule has 0 aliphatic heterocycles. The van der Waals surface area contributed by atoms with Crippen molar-refractivity contribution in [3.63, 3.8) is 0 Å². The second-order valence-electron chi connectivity index (χ2n) is 4.15. The number of carbonyl (C=O) groups excluding carboxylic acids is 1. The lowest BCUT2D eigenvalue weighted by atomic mass is 10.1. The predicted octanol–water partition coefficient (Wildman–Crippen LogP) is 3.25. The van der Waals surface area contributed by atoms with Gasteiger partial charge in [0.25, 0.3) is 5.69 Å². The van der Waals surface area contributed by atoms with Crippen molar-refractivity contribution >= 4 is 28.1 Å². The van der Waals surface area contributed by atoms with Crippen LogP contribution in [0.5, 0.6) is 0 Å². The van der Waals surface area contributed by atoms with Gasteiger partial charge < -0.3 is 5.32 Å². The van der Waals surface area contributed by atoms with Gasteiger partial charge >= 0.3 is 6.18 Å². The highest BCUT2D eigenvalue weighted by molar-refractivity contribution is 7.13. The van der Waals surface area contributed by atoms with E-state index in [2.05, 4.69) is 10.3 Å². The molecule has 0 aliphatic rings. The van der Waals surface area contributed by atoms with Gasteiger partial charge in [-0.25, -0.2) is 4.98 Å². The normalized spacial score (nSPS) is 11.2. The smallest absolute Gasteiger partial charge is 0.302 e. The maximum Gasteiger partial charge on any atom is 0.434 e. The van der Waals surface area contributed by atoms with Crippen molar-refractivity contribution in [2.45, 2.75) is 12.6 Å². The lowest BCUT2D eigenvalue weighted by molar-refractivity contribution is -0.385. The number of carbonyl (C=O) groups is 1. The molecule has 0 bridgehead atoms. The van der Waals surface area contributed by atoms with E-state index in [-0.39, 0.29) is 22.8 Å². The molecule has 0 radical (unpaired) electrons. The molecule has 1 heterocycles. The minimum Gasteiger partial charge on any atom is -0.302 e. The third kappa shape index (κ3) is 3.79. The molecule has 0 saturated heterocycles. The topological polar surface area (TPSA) is 85.1 Å². The second-order valence-corrected chi connectivity index (χ2v) is 5.00. The van der Waals surface area contributed by atoms with Crippen LogP contribution in [-0.2, 0) is 17.4 Å². The largest absolute Gasteiger partial charge is 0.434 e. The lowest BCUT2D eigenvalue weighted by Gasteiger charge is -2.03. The van der Waals surface area contributed by atoms with Crippen LogP contribution in [-0.4, -0.2) is 15.8 Å². The third-order valence-corrected chi connectivity index (χ3v) is 3.34. The summed E-state index contributed by atoms with van der Waals surface area (Å²) < 4.78 is 37.2. The van der Waals surface area contributed by atoms with Crippen molar-refractivity contribution in [3.05, 3.63) is 51.0 Å². The SMILES string of the molecule is O=C(Cc1ccccc1[N+](=O)[O-])Nc1nc(C(F)(F)F)cs1. The molecule has 0 saturated carbocycles. The van der Waals surface area contributed by atoms with Crippen molar-refractivity contribution in [1.82, 2.24) is 4.98 Å². The second kappa shape index (κ2) is 6.10. The first-order chi connectivity index (χ1) is 10.3. The van der Waals surface area contributed by atoms with Gasteiger partial charge in [0.15, 0.2) is 10.8 Å². The molecule has 1 aromatic carbocycles. The Kier molecular flexibility index (Phi) is 4.40. The van der Waals surface area contributed by atoms with Crippen LogP contribution in [0.2, 0.25) is 0 Å². The summed E-state index contributed by atoms with van der Waals surface area (Å²) in [6.45, 7) is 0. The Morgan fingerprint density at radius 3 is 2.64 bits per heavy atom. The fourth-order valence-electron chi connectivity index (χ4n) is 1.64. The molecule has 0 aliphatic carbocycles. The molecule has 2 rings (SSSR count). The number of halogens is 3. The van der Waals surface area contributed by atoms with Gasteiger partial charge in [0, 0.05) is 17.0 Å². The molecule has 1 N–H and O–H groups in total. The van der Waals surface area contributed by atoms with Gasteiger partial charge in [-0.15, -0.1) is 11.3 Å². The molecule has 0 atom stereocenters. The van der Waals surface area contributed by atoms with Gasteiger partial charge in [0.1, 0.15) is 0 Å². The molecule has 10 heteroatoms. The minimum absolute atomic E-state index is 0.164. The maximum absolute atomic E-state index is 12.4. The molecule has 0 unspecified atom stereocenters. The molecule has 22 heavy (non-hydrogen) atoms. The van der Waals surface area contributed by atoms with E-state index >= 15 is 0 Å². The van der Waals surface area contributed by atoms with E-state index in [1.807, 2.05) is 0 Å². The Labute approximate surface area is 125 Å². The highest BCUT2D eigenvalue weighted by Crippen LogP contribution is 2.31. The summed E-state index contributed by atoms with van der Waals surface area (Å²) in [6, 6.07) is 5.63. The standard InChI is InChI=1S/C12H8F3N3O3S/c13-12(14,15)9-6-22-11(16-9)17-10(19)5-7-3-1-2-4-8(7)18(20)21/h1-4,6H,5H2,(H,16,17,19). The summed E-state index contributed by atoms with van der Waals surface area (Å²) in [5.74, 6) is -0.683. The number of nitro benzene ring substituents is 1. The van der Waals surface area contributed by atoms with E-state index in [1.165, 1.54) is 24.3 Å². The van der Waals surface area contributed by atoms with Gasteiger partial charge in [-0.2, -0.15) is 13.2 Å². The fraction of sp³-hybridized carbons (Fsp3) is 0.167. The molecule has 1 aromatic heterocycles. The zero-order valence-corrected chi connectivity index (χ0v) is 11.6. The number of aromatic nitrogens is 1. The molecule has 0 spiro atoms. The number of alkyl halides is 3. The van der Waals surface area contributed by atoms with Crippen LogP contribution < -0.4 is 5.32 Å². The van der Waals surface area contributed by atoms with Crippen molar-refractivity contribution in [2.24, 2.45) is 0 Å². The Morgan fingerprint density at radius 1 is 1.36 bits per heavy atom. The average molecular weight is 331 g/mol. The molecule has 1 amide bonds. The number of nitrogens with one attached hydrogen (secondary N) is 1. The molecule has 2 aromatic rings. The number of para-hydroxylation sites is 1. The van der Waals surface area contributed by atoms with E-state index in [0.717, 1.165) is 5.38 Å².